The van der Waals surface area contributed by atoms with E-state index in [1.165, 1.54) is 0 Å². The van der Waals surface area contributed by atoms with Gasteiger partial charge in [0.1, 0.15) is 11.4 Å². The third-order valence-electron chi connectivity index (χ3n) is 3.41. The zero-order chi connectivity index (χ0) is 14.7. The molecule has 0 radical (unpaired) electrons. The van der Waals surface area contributed by atoms with Crippen molar-refractivity contribution in [2.24, 2.45) is 0 Å². The topological polar surface area (TPSA) is 64.8 Å². The summed E-state index contributed by atoms with van der Waals surface area (Å²) in [5, 5.41) is 3.96. The molecule has 1 saturated heterocycles. The Bertz CT molecular complexity index is 615. The van der Waals surface area contributed by atoms with Crippen molar-refractivity contribution >= 4 is 5.91 Å². The quantitative estimate of drug-likeness (QED) is 0.862. The molecule has 0 atom stereocenters. The zero-order valence-corrected chi connectivity index (χ0v) is 11.7. The highest BCUT2D eigenvalue weighted by Gasteiger charge is 2.22. The lowest BCUT2D eigenvalue weighted by Crippen LogP contribution is -2.40. The number of hydrogen-bond donors (Lipinski definition) is 0. The van der Waals surface area contributed by atoms with Crippen molar-refractivity contribution in [3.05, 3.63) is 36.1 Å². The van der Waals surface area contributed by atoms with Gasteiger partial charge >= 0.3 is 0 Å². The summed E-state index contributed by atoms with van der Waals surface area (Å²) < 4.78 is 15.5. The molecule has 1 aliphatic rings. The van der Waals surface area contributed by atoms with E-state index in [0.717, 1.165) is 11.3 Å². The van der Waals surface area contributed by atoms with Gasteiger partial charge in [0, 0.05) is 24.7 Å². The van der Waals surface area contributed by atoms with Gasteiger partial charge in [-0.1, -0.05) is 5.16 Å². The number of morpholine rings is 1. The molecule has 3 rings (SSSR count). The third-order valence-corrected chi connectivity index (χ3v) is 3.41. The van der Waals surface area contributed by atoms with Crippen LogP contribution in [0, 0.1) is 0 Å². The van der Waals surface area contributed by atoms with E-state index >= 15 is 0 Å². The molecule has 6 nitrogen and oxygen atoms in total. The molecular weight excluding hydrogens is 272 g/mol. The summed E-state index contributed by atoms with van der Waals surface area (Å²) in [4.78, 5) is 14.0. The van der Waals surface area contributed by atoms with E-state index in [1.807, 2.05) is 24.3 Å². The van der Waals surface area contributed by atoms with Gasteiger partial charge in [-0.2, -0.15) is 0 Å². The van der Waals surface area contributed by atoms with Crippen LogP contribution in [0.5, 0.6) is 5.75 Å². The van der Waals surface area contributed by atoms with Gasteiger partial charge in [0.25, 0.3) is 5.91 Å². The number of benzene rings is 1. The monoisotopic (exact) mass is 288 g/mol. The summed E-state index contributed by atoms with van der Waals surface area (Å²) in [6.07, 6.45) is 0. The van der Waals surface area contributed by atoms with E-state index in [-0.39, 0.29) is 11.7 Å². The molecule has 0 spiro atoms. The Morgan fingerprint density at radius 2 is 1.95 bits per heavy atom. The number of carbonyl (C=O) groups excluding carboxylic acids is 1. The molecule has 0 unspecified atom stereocenters. The van der Waals surface area contributed by atoms with Crippen LogP contribution in [0.15, 0.2) is 34.9 Å². The maximum atomic E-state index is 12.3. The number of aromatic nitrogens is 1. The highest BCUT2D eigenvalue weighted by atomic mass is 16.5. The number of rotatable bonds is 3. The molecule has 1 aliphatic heterocycles. The molecule has 6 heteroatoms. The average molecular weight is 288 g/mol. The van der Waals surface area contributed by atoms with Crippen LogP contribution >= 0.6 is 0 Å². The number of carbonyl (C=O) groups is 1. The second kappa shape index (κ2) is 5.97. The highest BCUT2D eigenvalue weighted by molar-refractivity contribution is 5.92. The average Bonchev–Trinajstić information content (AvgIpc) is 3.05. The van der Waals surface area contributed by atoms with Gasteiger partial charge in [0.05, 0.1) is 20.3 Å². The SMILES string of the molecule is COc1ccc(-c2cc(C(=O)N3CCOCC3)on2)cc1. The highest BCUT2D eigenvalue weighted by Crippen LogP contribution is 2.22. The van der Waals surface area contributed by atoms with Crippen molar-refractivity contribution in [1.29, 1.82) is 0 Å². The van der Waals surface area contributed by atoms with Gasteiger partial charge in [-0.25, -0.2) is 0 Å². The van der Waals surface area contributed by atoms with Crippen LogP contribution < -0.4 is 4.74 Å². The molecule has 21 heavy (non-hydrogen) atoms. The van der Waals surface area contributed by atoms with Crippen molar-refractivity contribution < 1.29 is 18.8 Å². The summed E-state index contributed by atoms with van der Waals surface area (Å²) in [5.41, 5.74) is 1.51. The molecular formula is C15H16N2O4. The van der Waals surface area contributed by atoms with E-state index in [4.69, 9.17) is 14.0 Å². The number of nitrogens with zero attached hydrogens (tertiary/aromatic N) is 2. The molecule has 0 saturated carbocycles. The van der Waals surface area contributed by atoms with E-state index < -0.39 is 0 Å². The standard InChI is InChI=1S/C15H16N2O4/c1-19-12-4-2-11(3-5-12)13-10-14(21-16-13)15(18)17-6-8-20-9-7-17/h2-5,10H,6-9H2,1H3. The van der Waals surface area contributed by atoms with E-state index in [9.17, 15) is 4.79 Å². The first-order chi connectivity index (χ1) is 10.3. The minimum Gasteiger partial charge on any atom is -0.497 e. The van der Waals surface area contributed by atoms with Crippen LogP contribution in [-0.2, 0) is 4.74 Å². The fourth-order valence-corrected chi connectivity index (χ4v) is 2.20. The van der Waals surface area contributed by atoms with Crippen molar-refractivity contribution in [1.82, 2.24) is 10.1 Å². The summed E-state index contributed by atoms with van der Waals surface area (Å²) >= 11 is 0. The Morgan fingerprint density at radius 3 is 2.62 bits per heavy atom. The first-order valence-electron chi connectivity index (χ1n) is 6.76. The van der Waals surface area contributed by atoms with Crippen LogP contribution in [0.1, 0.15) is 10.6 Å². The summed E-state index contributed by atoms with van der Waals surface area (Å²) in [6, 6.07) is 9.10. The van der Waals surface area contributed by atoms with Gasteiger partial charge in [-0.15, -0.1) is 0 Å². The molecule has 0 bridgehead atoms. The lowest BCUT2D eigenvalue weighted by Gasteiger charge is -2.25. The van der Waals surface area contributed by atoms with Crippen molar-refractivity contribution in [3.63, 3.8) is 0 Å². The fourth-order valence-electron chi connectivity index (χ4n) is 2.20. The van der Waals surface area contributed by atoms with Crippen molar-refractivity contribution in [2.45, 2.75) is 0 Å². The molecule has 0 aliphatic carbocycles. The number of methoxy groups -OCH3 is 1. The molecule has 1 aromatic carbocycles. The van der Waals surface area contributed by atoms with E-state index in [1.54, 1.807) is 18.1 Å². The first-order valence-corrected chi connectivity index (χ1v) is 6.76. The summed E-state index contributed by atoms with van der Waals surface area (Å²) in [6.45, 7) is 2.28. The summed E-state index contributed by atoms with van der Waals surface area (Å²) in [7, 11) is 1.62. The molecule has 110 valence electrons. The van der Waals surface area contributed by atoms with Crippen molar-refractivity contribution in [2.75, 3.05) is 33.4 Å². The van der Waals surface area contributed by atoms with Crippen LogP contribution in [0.25, 0.3) is 11.3 Å². The number of amides is 1. The van der Waals surface area contributed by atoms with E-state index in [2.05, 4.69) is 5.16 Å². The minimum absolute atomic E-state index is 0.148. The Balaban J connectivity index is 1.77. The predicted octanol–water partition coefficient (Wildman–Crippen LogP) is 1.82. The van der Waals surface area contributed by atoms with Crippen LogP contribution in [-0.4, -0.2) is 49.4 Å². The Kier molecular flexibility index (Phi) is 3.87. The normalized spacial score (nSPS) is 15.0. The second-order valence-corrected chi connectivity index (χ2v) is 4.71. The molecule has 2 aromatic rings. The maximum absolute atomic E-state index is 12.3. The Morgan fingerprint density at radius 1 is 1.24 bits per heavy atom. The van der Waals surface area contributed by atoms with Gasteiger partial charge in [-0.3, -0.25) is 4.79 Å². The third kappa shape index (κ3) is 2.90. The molecule has 0 N–H and O–H groups in total. The minimum atomic E-state index is -0.148. The molecule has 1 fully saturated rings. The van der Waals surface area contributed by atoms with Gasteiger partial charge < -0.3 is 18.9 Å². The van der Waals surface area contributed by atoms with Crippen LogP contribution in [0.2, 0.25) is 0 Å². The lowest BCUT2D eigenvalue weighted by molar-refractivity contribution is 0.0277. The Hall–Kier alpha value is -2.34. The van der Waals surface area contributed by atoms with Crippen LogP contribution in [0.3, 0.4) is 0 Å². The molecule has 1 amide bonds. The van der Waals surface area contributed by atoms with E-state index in [0.29, 0.717) is 32.0 Å². The molecule has 1 aromatic heterocycles. The van der Waals surface area contributed by atoms with Gasteiger partial charge in [0.2, 0.25) is 5.76 Å². The van der Waals surface area contributed by atoms with Crippen molar-refractivity contribution in [3.8, 4) is 17.0 Å². The van der Waals surface area contributed by atoms with Crippen LogP contribution in [0.4, 0.5) is 0 Å². The second-order valence-electron chi connectivity index (χ2n) is 4.71. The maximum Gasteiger partial charge on any atom is 0.292 e. The largest absolute Gasteiger partial charge is 0.497 e. The predicted molar refractivity (Wildman–Crippen MR) is 75.2 cm³/mol. The number of hydrogen-bond acceptors (Lipinski definition) is 5. The zero-order valence-electron chi connectivity index (χ0n) is 11.7. The molecule has 2 heterocycles. The number of ether oxygens (including phenoxy) is 2. The smallest absolute Gasteiger partial charge is 0.292 e. The first kappa shape index (κ1) is 13.6. The fraction of sp³-hybridized carbons (Fsp3) is 0.333. The lowest BCUT2D eigenvalue weighted by atomic mass is 10.1. The van der Waals surface area contributed by atoms with Gasteiger partial charge in [0.15, 0.2) is 0 Å². The van der Waals surface area contributed by atoms with Gasteiger partial charge in [-0.05, 0) is 24.3 Å². The Labute approximate surface area is 122 Å². The summed E-state index contributed by atoms with van der Waals surface area (Å²) in [5.74, 6) is 0.875.